The summed E-state index contributed by atoms with van der Waals surface area (Å²) in [5.74, 6) is 0.379. The molecule has 0 aliphatic carbocycles. The Morgan fingerprint density at radius 1 is 1.37 bits per heavy atom. The Morgan fingerprint density at radius 3 is 2.84 bits per heavy atom. The van der Waals surface area contributed by atoms with Crippen molar-refractivity contribution in [2.45, 2.75) is 11.0 Å². The van der Waals surface area contributed by atoms with Crippen molar-refractivity contribution in [1.29, 1.82) is 0 Å². The monoisotopic (exact) mass is 301 g/mol. The lowest BCUT2D eigenvalue weighted by molar-refractivity contribution is -0.121. The summed E-state index contributed by atoms with van der Waals surface area (Å²) in [5, 5.41) is 3.54. The van der Waals surface area contributed by atoms with Crippen LogP contribution < -0.4 is 5.32 Å². The van der Waals surface area contributed by atoms with Crippen molar-refractivity contribution in [1.82, 2.24) is 5.32 Å². The second-order valence-electron chi connectivity index (χ2n) is 4.11. The van der Waals surface area contributed by atoms with Crippen molar-refractivity contribution < 1.29 is 14.3 Å². The molecule has 1 heterocycles. The molecule has 2 rings (SSSR count). The zero-order valence-corrected chi connectivity index (χ0v) is 12.0. The van der Waals surface area contributed by atoms with Crippen LogP contribution in [0.15, 0.2) is 29.2 Å². The zero-order valence-electron chi connectivity index (χ0n) is 10.4. The molecule has 1 fully saturated rings. The molecule has 1 amide bonds. The number of carbonyl (C=O) groups is 1. The summed E-state index contributed by atoms with van der Waals surface area (Å²) in [6, 6.07) is 7.43. The number of carbonyl (C=O) groups excluding carboxylic acids is 1. The van der Waals surface area contributed by atoms with Gasteiger partial charge in [-0.1, -0.05) is 11.6 Å². The Labute approximate surface area is 121 Å². The van der Waals surface area contributed by atoms with Crippen LogP contribution in [0.2, 0.25) is 5.02 Å². The summed E-state index contributed by atoms with van der Waals surface area (Å²) >= 11 is 7.28. The van der Waals surface area contributed by atoms with Gasteiger partial charge in [0.15, 0.2) is 0 Å². The van der Waals surface area contributed by atoms with Gasteiger partial charge in [0.25, 0.3) is 0 Å². The van der Waals surface area contributed by atoms with Crippen LogP contribution in [0.5, 0.6) is 0 Å². The van der Waals surface area contributed by atoms with Crippen molar-refractivity contribution in [2.75, 3.05) is 32.1 Å². The molecule has 19 heavy (non-hydrogen) atoms. The fourth-order valence-corrected chi connectivity index (χ4v) is 2.47. The first-order chi connectivity index (χ1) is 9.24. The minimum Gasteiger partial charge on any atom is -0.376 e. The van der Waals surface area contributed by atoms with Crippen LogP contribution >= 0.6 is 23.4 Å². The maximum absolute atomic E-state index is 11.7. The summed E-state index contributed by atoms with van der Waals surface area (Å²) in [4.78, 5) is 12.7. The van der Waals surface area contributed by atoms with E-state index in [1.54, 1.807) is 0 Å². The van der Waals surface area contributed by atoms with Gasteiger partial charge in [-0.2, -0.15) is 0 Å². The third kappa shape index (κ3) is 5.40. The van der Waals surface area contributed by atoms with Crippen LogP contribution in [-0.2, 0) is 14.3 Å². The van der Waals surface area contributed by atoms with Gasteiger partial charge in [0.05, 0.1) is 31.7 Å². The van der Waals surface area contributed by atoms with Gasteiger partial charge in [-0.05, 0) is 24.3 Å². The highest BCUT2D eigenvalue weighted by Gasteiger charge is 2.15. The van der Waals surface area contributed by atoms with E-state index < -0.39 is 0 Å². The molecule has 1 aliphatic heterocycles. The van der Waals surface area contributed by atoms with Crippen LogP contribution in [-0.4, -0.2) is 44.1 Å². The molecule has 1 aliphatic rings. The molecule has 0 unspecified atom stereocenters. The van der Waals surface area contributed by atoms with Gasteiger partial charge in [0.1, 0.15) is 0 Å². The number of rotatable bonds is 5. The Morgan fingerprint density at radius 2 is 2.16 bits per heavy atom. The third-order valence-electron chi connectivity index (χ3n) is 2.60. The van der Waals surface area contributed by atoms with Gasteiger partial charge < -0.3 is 14.8 Å². The van der Waals surface area contributed by atoms with Crippen molar-refractivity contribution in [3.05, 3.63) is 29.3 Å². The van der Waals surface area contributed by atoms with Gasteiger partial charge in [-0.3, -0.25) is 4.79 Å². The van der Waals surface area contributed by atoms with Gasteiger partial charge in [0, 0.05) is 16.5 Å². The average Bonchev–Trinajstić information content (AvgIpc) is 2.45. The van der Waals surface area contributed by atoms with E-state index in [-0.39, 0.29) is 12.0 Å². The molecule has 1 aromatic carbocycles. The standard InChI is InChI=1S/C13H16ClNO3S/c14-10-1-3-12(4-2-10)19-9-13(16)15-7-11-8-17-5-6-18-11/h1-4,11H,5-9H2,(H,15,16)/t11-/m1/s1. The maximum atomic E-state index is 11.7. The number of ether oxygens (including phenoxy) is 2. The molecule has 1 N–H and O–H groups in total. The first kappa shape index (κ1) is 14.7. The fraction of sp³-hybridized carbons (Fsp3) is 0.462. The van der Waals surface area contributed by atoms with Crippen LogP contribution in [0.1, 0.15) is 0 Å². The maximum Gasteiger partial charge on any atom is 0.230 e. The summed E-state index contributed by atoms with van der Waals surface area (Å²) < 4.78 is 10.7. The van der Waals surface area contributed by atoms with Crippen LogP contribution in [0.25, 0.3) is 0 Å². The van der Waals surface area contributed by atoms with Crippen molar-refractivity contribution in [2.24, 2.45) is 0 Å². The molecule has 104 valence electrons. The van der Waals surface area contributed by atoms with Crippen LogP contribution in [0, 0.1) is 0 Å². The van der Waals surface area contributed by atoms with E-state index in [0.29, 0.717) is 37.1 Å². The summed E-state index contributed by atoms with van der Waals surface area (Å²) in [6.07, 6.45) is -0.0294. The molecule has 6 heteroatoms. The lowest BCUT2D eigenvalue weighted by atomic mass is 10.3. The Kier molecular flexibility index (Phi) is 5.97. The molecule has 1 aromatic rings. The largest absolute Gasteiger partial charge is 0.376 e. The van der Waals surface area contributed by atoms with E-state index in [1.165, 1.54) is 11.8 Å². The molecule has 1 saturated heterocycles. The highest BCUT2D eigenvalue weighted by atomic mass is 35.5. The first-order valence-electron chi connectivity index (χ1n) is 6.08. The van der Waals surface area contributed by atoms with Gasteiger partial charge in [0.2, 0.25) is 5.91 Å². The van der Waals surface area contributed by atoms with Gasteiger partial charge >= 0.3 is 0 Å². The smallest absolute Gasteiger partial charge is 0.230 e. The third-order valence-corrected chi connectivity index (χ3v) is 3.86. The van der Waals surface area contributed by atoms with E-state index in [2.05, 4.69) is 5.32 Å². The topological polar surface area (TPSA) is 47.6 Å². The number of amides is 1. The van der Waals surface area contributed by atoms with E-state index in [0.717, 1.165) is 4.90 Å². The van der Waals surface area contributed by atoms with Gasteiger partial charge in [-0.25, -0.2) is 0 Å². The minimum absolute atomic E-state index is 0.00544. The normalized spacial score (nSPS) is 19.1. The molecule has 0 saturated carbocycles. The lowest BCUT2D eigenvalue weighted by Gasteiger charge is -2.23. The van der Waals surface area contributed by atoms with Crippen molar-refractivity contribution >= 4 is 29.3 Å². The Bertz CT molecular complexity index is 407. The summed E-state index contributed by atoms with van der Waals surface area (Å²) in [5.41, 5.74) is 0. The Hall–Kier alpha value is -0.750. The SMILES string of the molecule is O=C(CSc1ccc(Cl)cc1)NC[C@@H]1COCCO1. The van der Waals surface area contributed by atoms with E-state index >= 15 is 0 Å². The predicted molar refractivity (Wildman–Crippen MR) is 75.7 cm³/mol. The average molecular weight is 302 g/mol. The predicted octanol–water partition coefficient (Wildman–Crippen LogP) is 1.96. The number of halogens is 1. The van der Waals surface area contributed by atoms with E-state index in [1.807, 2.05) is 24.3 Å². The molecule has 0 bridgehead atoms. The molecule has 0 spiro atoms. The van der Waals surface area contributed by atoms with E-state index in [9.17, 15) is 4.79 Å². The zero-order chi connectivity index (χ0) is 13.5. The van der Waals surface area contributed by atoms with Crippen LogP contribution in [0.3, 0.4) is 0 Å². The van der Waals surface area contributed by atoms with Crippen molar-refractivity contribution in [3.63, 3.8) is 0 Å². The summed E-state index contributed by atoms with van der Waals surface area (Å²) in [6.45, 7) is 2.28. The molecule has 0 radical (unpaired) electrons. The summed E-state index contributed by atoms with van der Waals surface area (Å²) in [7, 11) is 0. The lowest BCUT2D eigenvalue weighted by Crippen LogP contribution is -2.40. The molecule has 4 nitrogen and oxygen atoms in total. The highest BCUT2D eigenvalue weighted by Crippen LogP contribution is 2.19. The molecule has 1 atom stereocenters. The molecule has 0 aromatic heterocycles. The molecular formula is C13H16ClNO3S. The second kappa shape index (κ2) is 7.75. The highest BCUT2D eigenvalue weighted by molar-refractivity contribution is 8.00. The number of hydrogen-bond acceptors (Lipinski definition) is 4. The fourth-order valence-electron chi connectivity index (χ4n) is 1.61. The number of benzene rings is 1. The number of nitrogens with one attached hydrogen (secondary N) is 1. The first-order valence-corrected chi connectivity index (χ1v) is 7.45. The van der Waals surface area contributed by atoms with E-state index in [4.69, 9.17) is 21.1 Å². The number of thioether (sulfide) groups is 1. The van der Waals surface area contributed by atoms with Gasteiger partial charge in [-0.15, -0.1) is 11.8 Å². The number of hydrogen-bond donors (Lipinski definition) is 1. The minimum atomic E-state index is -0.0294. The molecular weight excluding hydrogens is 286 g/mol. The Balaban J connectivity index is 1.65. The van der Waals surface area contributed by atoms with Crippen molar-refractivity contribution in [3.8, 4) is 0 Å². The van der Waals surface area contributed by atoms with Crippen LogP contribution in [0.4, 0.5) is 0 Å². The second-order valence-corrected chi connectivity index (χ2v) is 5.60. The quantitative estimate of drug-likeness (QED) is 0.845.